The van der Waals surface area contributed by atoms with E-state index in [4.69, 9.17) is 0 Å². The summed E-state index contributed by atoms with van der Waals surface area (Å²) in [7, 11) is 1.37. The molecule has 0 N–H and O–H groups in total. The van der Waals surface area contributed by atoms with Gasteiger partial charge in [0.05, 0.1) is 7.11 Å². The summed E-state index contributed by atoms with van der Waals surface area (Å²) in [6, 6.07) is 0. The molecule has 1 saturated carbocycles. The van der Waals surface area contributed by atoms with Gasteiger partial charge in [0.1, 0.15) is 5.78 Å². The number of ketones is 1. The number of hydrogen-bond acceptors (Lipinski definition) is 3. The number of rotatable bonds is 3. The Labute approximate surface area is 129 Å². The smallest absolute Gasteiger partial charge is 0.330 e. The van der Waals surface area contributed by atoms with Crippen LogP contribution in [0.2, 0.25) is 0 Å². The normalized spacial score (nSPS) is 25.3. The molecule has 0 amide bonds. The average molecular weight is 294 g/mol. The van der Waals surface area contributed by atoms with E-state index >= 15 is 0 Å². The molecule has 3 nitrogen and oxygen atoms in total. The van der Waals surface area contributed by atoms with Crippen LogP contribution in [0.5, 0.6) is 0 Å². The van der Waals surface area contributed by atoms with E-state index in [1.165, 1.54) is 13.2 Å². The Morgan fingerprint density at radius 1 is 1.33 bits per heavy atom. The molecule has 1 rings (SSSR count). The van der Waals surface area contributed by atoms with Crippen LogP contribution in [0.1, 0.15) is 54.4 Å². The maximum absolute atomic E-state index is 11.7. The van der Waals surface area contributed by atoms with E-state index in [-0.39, 0.29) is 11.4 Å². The van der Waals surface area contributed by atoms with E-state index in [1.54, 1.807) is 0 Å². The monoisotopic (exact) mass is 294 g/mol. The molecule has 0 aliphatic heterocycles. The highest BCUT2D eigenvalue weighted by molar-refractivity contribution is 5.83. The van der Waals surface area contributed by atoms with E-state index < -0.39 is 0 Å². The van der Waals surface area contributed by atoms with E-state index in [1.807, 2.05) is 26.8 Å². The summed E-state index contributed by atoms with van der Waals surface area (Å²) in [5, 5.41) is 0. The molecule has 1 aliphatic carbocycles. The molecule has 0 spiro atoms. The molecule has 120 valence electrons. The molecule has 1 fully saturated rings. The maximum Gasteiger partial charge on any atom is 0.330 e. The Bertz CT molecular complexity index is 416. The predicted octanol–water partition coefficient (Wildman–Crippen LogP) is 4.33. The highest BCUT2D eigenvalue weighted by Gasteiger charge is 2.38. The zero-order valence-electron chi connectivity index (χ0n) is 14.5. The second-order valence-electron chi connectivity index (χ2n) is 6.18. The zero-order valence-corrected chi connectivity index (χ0v) is 14.5. The molecular formula is C18H30O3. The van der Waals surface area contributed by atoms with Crippen molar-refractivity contribution < 1.29 is 14.3 Å². The molecule has 0 radical (unpaired) electrons. The summed E-state index contributed by atoms with van der Waals surface area (Å²) in [5.74, 6) is 0.710. The fourth-order valence-corrected chi connectivity index (χ4v) is 2.95. The Hall–Kier alpha value is -1.38. The first kappa shape index (κ1) is 19.6. The Kier molecular flexibility index (Phi) is 8.23. The van der Waals surface area contributed by atoms with E-state index in [2.05, 4.69) is 31.6 Å². The number of esters is 1. The van der Waals surface area contributed by atoms with Gasteiger partial charge in [-0.3, -0.25) is 4.79 Å². The fourth-order valence-electron chi connectivity index (χ4n) is 2.95. The Balaban J connectivity index is 0.00000191. The molecule has 0 aromatic rings. The van der Waals surface area contributed by atoms with Crippen molar-refractivity contribution in [3.8, 4) is 0 Å². The van der Waals surface area contributed by atoms with E-state index in [0.29, 0.717) is 30.5 Å². The first-order chi connectivity index (χ1) is 9.76. The van der Waals surface area contributed by atoms with Gasteiger partial charge in [-0.25, -0.2) is 4.79 Å². The number of methoxy groups -OCH3 is 1. The minimum atomic E-state index is -0.340. The number of hydrogen-bond donors (Lipinski definition) is 0. The van der Waals surface area contributed by atoms with Crippen LogP contribution in [-0.4, -0.2) is 18.9 Å². The topological polar surface area (TPSA) is 43.4 Å². The number of Topliss-reactive ketones (excluding diaryl/α,β-unsaturated/α-hetero) is 1. The number of carbonyl (C=O) groups is 2. The van der Waals surface area contributed by atoms with Crippen LogP contribution in [0, 0.1) is 17.3 Å². The Morgan fingerprint density at radius 3 is 2.38 bits per heavy atom. The van der Waals surface area contributed by atoms with Crippen LogP contribution in [0.25, 0.3) is 0 Å². The molecule has 1 aliphatic rings. The standard InChI is InChI=1S/C16H24O3.C2H6/c1-11(8-15(18)19-5)6-7-14-12(2)9-13(17)10-16(14,3)4;1-2/h6-8,12,14H,9-10H2,1-5H3;1-2H3/b7-6+,11-8+;. The van der Waals surface area contributed by atoms with Gasteiger partial charge in [-0.15, -0.1) is 0 Å². The predicted molar refractivity (Wildman–Crippen MR) is 86.9 cm³/mol. The molecule has 0 bridgehead atoms. The third kappa shape index (κ3) is 6.28. The van der Waals surface area contributed by atoms with Crippen LogP contribution in [0.3, 0.4) is 0 Å². The third-order valence-corrected chi connectivity index (χ3v) is 3.83. The molecule has 0 aromatic heterocycles. The number of ether oxygens (including phenoxy) is 1. The largest absolute Gasteiger partial charge is 0.466 e. The second-order valence-corrected chi connectivity index (χ2v) is 6.18. The van der Waals surface area contributed by atoms with Gasteiger partial charge >= 0.3 is 5.97 Å². The van der Waals surface area contributed by atoms with Gasteiger partial charge in [0.25, 0.3) is 0 Å². The summed E-state index contributed by atoms with van der Waals surface area (Å²) in [6.07, 6.45) is 6.84. The zero-order chi connectivity index (χ0) is 16.6. The van der Waals surface area contributed by atoms with Gasteiger partial charge in [-0.1, -0.05) is 46.8 Å². The minimum absolute atomic E-state index is 0.0171. The lowest BCUT2D eigenvalue weighted by Crippen LogP contribution is -2.36. The molecule has 0 heterocycles. The van der Waals surface area contributed by atoms with Crippen LogP contribution >= 0.6 is 0 Å². The summed E-state index contributed by atoms with van der Waals surface area (Å²) < 4.78 is 4.59. The van der Waals surface area contributed by atoms with Gasteiger partial charge in [0.2, 0.25) is 0 Å². The molecule has 21 heavy (non-hydrogen) atoms. The molecule has 3 heteroatoms. The fraction of sp³-hybridized carbons (Fsp3) is 0.667. The molecule has 2 atom stereocenters. The lowest BCUT2D eigenvalue weighted by molar-refractivity contribution is -0.134. The van der Waals surface area contributed by atoms with Crippen molar-refractivity contribution in [3.05, 3.63) is 23.8 Å². The highest BCUT2D eigenvalue weighted by atomic mass is 16.5. The van der Waals surface area contributed by atoms with E-state index in [0.717, 1.165) is 5.57 Å². The van der Waals surface area contributed by atoms with Gasteiger partial charge < -0.3 is 4.74 Å². The summed E-state index contributed by atoms with van der Waals surface area (Å²) in [6.45, 7) is 12.3. The molecule has 0 aromatic carbocycles. The van der Waals surface area contributed by atoms with Crippen molar-refractivity contribution >= 4 is 11.8 Å². The van der Waals surface area contributed by atoms with Crippen molar-refractivity contribution in [1.29, 1.82) is 0 Å². The first-order valence-corrected chi connectivity index (χ1v) is 7.72. The van der Waals surface area contributed by atoms with Crippen LogP contribution in [0.4, 0.5) is 0 Å². The Morgan fingerprint density at radius 2 is 1.90 bits per heavy atom. The minimum Gasteiger partial charge on any atom is -0.466 e. The van der Waals surface area contributed by atoms with Gasteiger partial charge in [0.15, 0.2) is 0 Å². The van der Waals surface area contributed by atoms with Crippen molar-refractivity contribution in [3.63, 3.8) is 0 Å². The van der Waals surface area contributed by atoms with Crippen LogP contribution in [0.15, 0.2) is 23.8 Å². The van der Waals surface area contributed by atoms with Crippen molar-refractivity contribution in [2.24, 2.45) is 17.3 Å². The molecular weight excluding hydrogens is 264 g/mol. The van der Waals surface area contributed by atoms with Crippen molar-refractivity contribution in [2.45, 2.75) is 54.4 Å². The number of allylic oxidation sites excluding steroid dienone is 3. The first-order valence-electron chi connectivity index (χ1n) is 7.72. The lowest BCUT2D eigenvalue weighted by atomic mass is 9.63. The summed E-state index contributed by atoms with van der Waals surface area (Å²) in [4.78, 5) is 22.8. The molecule has 0 saturated heterocycles. The lowest BCUT2D eigenvalue weighted by Gasteiger charge is -2.40. The van der Waals surface area contributed by atoms with Gasteiger partial charge in [0, 0.05) is 18.9 Å². The number of carbonyl (C=O) groups excluding carboxylic acids is 2. The van der Waals surface area contributed by atoms with Crippen molar-refractivity contribution in [2.75, 3.05) is 7.11 Å². The summed E-state index contributed by atoms with van der Waals surface area (Å²) in [5.41, 5.74) is 0.850. The average Bonchev–Trinajstić information content (AvgIpc) is 2.38. The van der Waals surface area contributed by atoms with Crippen LogP contribution in [-0.2, 0) is 14.3 Å². The highest BCUT2D eigenvalue weighted by Crippen LogP contribution is 2.43. The molecule has 2 unspecified atom stereocenters. The second kappa shape index (κ2) is 8.81. The quantitative estimate of drug-likeness (QED) is 0.442. The van der Waals surface area contributed by atoms with E-state index in [9.17, 15) is 9.59 Å². The third-order valence-electron chi connectivity index (χ3n) is 3.83. The van der Waals surface area contributed by atoms with Gasteiger partial charge in [-0.2, -0.15) is 0 Å². The SMILES string of the molecule is CC.COC(=O)/C=C(C)/C=C/C1C(C)CC(=O)CC1(C)C. The van der Waals surface area contributed by atoms with Crippen LogP contribution < -0.4 is 0 Å². The summed E-state index contributed by atoms with van der Waals surface area (Å²) >= 11 is 0. The van der Waals surface area contributed by atoms with Crippen molar-refractivity contribution in [1.82, 2.24) is 0 Å². The van der Waals surface area contributed by atoms with Gasteiger partial charge in [-0.05, 0) is 29.7 Å². The maximum atomic E-state index is 11.7.